The number of rotatable bonds is 2. The minimum Gasteiger partial charge on any atom is -0.347 e. The molecule has 0 radical (unpaired) electrons. The predicted molar refractivity (Wildman–Crippen MR) is 134 cm³/mol. The monoisotopic (exact) mass is 436 g/mol. The van der Waals surface area contributed by atoms with Crippen LogP contribution in [0.3, 0.4) is 0 Å². The van der Waals surface area contributed by atoms with Gasteiger partial charge in [-0.2, -0.15) is 0 Å². The first-order valence-electron chi connectivity index (χ1n) is 12.0. The molecule has 0 bridgehead atoms. The van der Waals surface area contributed by atoms with E-state index in [0.29, 0.717) is 18.2 Å². The van der Waals surface area contributed by atoms with E-state index in [1.54, 1.807) is 10.4 Å². The van der Waals surface area contributed by atoms with E-state index in [-0.39, 0.29) is 0 Å². The Labute approximate surface area is 194 Å². The van der Waals surface area contributed by atoms with Gasteiger partial charge in [0.05, 0.1) is 12.1 Å². The zero-order chi connectivity index (χ0) is 21.2. The molecule has 1 saturated heterocycles. The van der Waals surface area contributed by atoms with Crippen molar-refractivity contribution in [3.63, 3.8) is 0 Å². The van der Waals surface area contributed by atoms with Gasteiger partial charge in [-0.1, -0.05) is 66.3 Å². The summed E-state index contributed by atoms with van der Waals surface area (Å²) < 4.78 is 1.44. The first kappa shape index (κ1) is 18.9. The van der Waals surface area contributed by atoms with E-state index in [4.69, 9.17) is 0 Å². The Morgan fingerprint density at radius 1 is 1.00 bits per heavy atom. The number of hydrogen-bond acceptors (Lipinski definition) is 3. The maximum Gasteiger partial charge on any atom is 0.111 e. The van der Waals surface area contributed by atoms with Crippen molar-refractivity contribution in [2.45, 2.75) is 57.4 Å². The zero-order valence-electron chi connectivity index (χ0n) is 18.5. The van der Waals surface area contributed by atoms with Crippen LogP contribution < -0.4 is 0 Å². The molecule has 3 unspecified atom stereocenters. The summed E-state index contributed by atoms with van der Waals surface area (Å²) in [6, 6.07) is 7.88. The van der Waals surface area contributed by atoms with E-state index in [1.165, 1.54) is 45.3 Å². The second-order valence-electron chi connectivity index (χ2n) is 9.63. The van der Waals surface area contributed by atoms with Crippen molar-refractivity contribution < 1.29 is 0 Å². The van der Waals surface area contributed by atoms with E-state index < -0.39 is 0 Å². The fourth-order valence-corrected chi connectivity index (χ4v) is 7.48. The minimum atomic E-state index is 0.345. The van der Waals surface area contributed by atoms with Gasteiger partial charge in [-0.3, -0.25) is 4.90 Å². The normalized spacial score (nSPS) is 28.5. The lowest BCUT2D eigenvalue weighted by molar-refractivity contribution is 0.166. The Morgan fingerprint density at radius 3 is 2.72 bits per heavy atom. The summed E-state index contributed by atoms with van der Waals surface area (Å²) >= 11 is 2.00. The van der Waals surface area contributed by atoms with Crippen LogP contribution in [0.25, 0.3) is 10.1 Å². The molecule has 2 nitrogen and oxygen atoms in total. The first-order valence-corrected chi connectivity index (χ1v) is 12.8. The summed E-state index contributed by atoms with van der Waals surface area (Å²) in [5.74, 6) is 0. The summed E-state index contributed by atoms with van der Waals surface area (Å²) in [6.45, 7) is 3.29. The molecule has 2 aromatic rings. The standard InChI is InChI=1S/C29H28N2S/c1-19-11-16-26-23(17-19)28-27(32-26)18-30-24-9-5-6-10-25(24)31(29(28)30)22-14-12-21(13-15-22)20-7-3-2-4-8-20/h3,5-12,14,16-17,24-25,29H,2,4,13,15,18H2,1H3. The molecule has 5 aliphatic rings. The Hall–Kier alpha value is -2.62. The van der Waals surface area contributed by atoms with Gasteiger partial charge in [0.25, 0.3) is 0 Å². The van der Waals surface area contributed by atoms with Crippen molar-refractivity contribution in [2.75, 3.05) is 0 Å². The fourth-order valence-electron chi connectivity index (χ4n) is 6.26. The lowest BCUT2D eigenvalue weighted by atomic mass is 9.91. The Balaban J connectivity index is 1.33. The second-order valence-corrected chi connectivity index (χ2v) is 10.8. The average molecular weight is 437 g/mol. The molecule has 3 heteroatoms. The SMILES string of the molecule is Cc1ccc2sc3c(c2c1)C1N(C3)C2C=CC=CC2N1C1=CC=C(C2=CCCC=C2)CC1. The summed E-state index contributed by atoms with van der Waals surface area (Å²) in [5, 5.41) is 1.47. The summed E-state index contributed by atoms with van der Waals surface area (Å²) in [6.07, 6.45) is 26.2. The van der Waals surface area contributed by atoms with E-state index in [1.807, 2.05) is 11.3 Å². The van der Waals surface area contributed by atoms with Gasteiger partial charge < -0.3 is 4.90 Å². The van der Waals surface area contributed by atoms with Gasteiger partial charge in [0.1, 0.15) is 6.17 Å². The van der Waals surface area contributed by atoms with Crippen LogP contribution in [-0.4, -0.2) is 21.9 Å². The molecule has 160 valence electrons. The molecule has 1 aromatic heterocycles. The second kappa shape index (κ2) is 7.19. The van der Waals surface area contributed by atoms with Crippen LogP contribution in [0, 0.1) is 6.92 Å². The smallest absolute Gasteiger partial charge is 0.111 e. The zero-order valence-corrected chi connectivity index (χ0v) is 19.3. The van der Waals surface area contributed by atoms with Gasteiger partial charge >= 0.3 is 0 Å². The number of hydrogen-bond donors (Lipinski definition) is 0. The molecular formula is C29H28N2S. The number of benzene rings is 1. The molecule has 7 rings (SSSR count). The molecule has 0 saturated carbocycles. The molecular weight excluding hydrogens is 408 g/mol. The summed E-state index contributed by atoms with van der Waals surface area (Å²) in [7, 11) is 0. The van der Waals surface area contributed by atoms with Crippen LogP contribution >= 0.6 is 11.3 Å². The van der Waals surface area contributed by atoms with Crippen molar-refractivity contribution in [1.29, 1.82) is 0 Å². The van der Waals surface area contributed by atoms with Crippen molar-refractivity contribution in [2.24, 2.45) is 0 Å². The van der Waals surface area contributed by atoms with Gasteiger partial charge in [0, 0.05) is 27.4 Å². The highest BCUT2D eigenvalue weighted by molar-refractivity contribution is 7.19. The number of allylic oxidation sites excluding steroid dienone is 10. The Kier molecular flexibility index (Phi) is 4.25. The van der Waals surface area contributed by atoms with Gasteiger partial charge in [-0.15, -0.1) is 11.3 Å². The van der Waals surface area contributed by atoms with Crippen molar-refractivity contribution in [3.8, 4) is 0 Å². The van der Waals surface area contributed by atoms with Crippen LogP contribution in [0.1, 0.15) is 47.9 Å². The Bertz CT molecular complexity index is 1300. The highest BCUT2D eigenvalue weighted by Crippen LogP contribution is 2.54. The van der Waals surface area contributed by atoms with E-state index in [9.17, 15) is 0 Å². The summed E-state index contributed by atoms with van der Waals surface area (Å²) in [4.78, 5) is 7.05. The molecule has 0 amide bonds. The molecule has 0 N–H and O–H groups in total. The molecule has 3 heterocycles. The van der Waals surface area contributed by atoms with Gasteiger partial charge in [0.15, 0.2) is 0 Å². The average Bonchev–Trinajstić information content (AvgIpc) is 3.47. The van der Waals surface area contributed by atoms with Crippen LogP contribution in [-0.2, 0) is 6.54 Å². The van der Waals surface area contributed by atoms with Crippen molar-refractivity contribution >= 4 is 21.4 Å². The molecule has 3 atom stereocenters. The molecule has 32 heavy (non-hydrogen) atoms. The number of fused-ring (bicyclic) bond motifs is 7. The lowest BCUT2D eigenvalue weighted by Crippen LogP contribution is -2.35. The maximum absolute atomic E-state index is 2.75. The maximum atomic E-state index is 2.75. The number of thiophene rings is 1. The minimum absolute atomic E-state index is 0.345. The molecule has 0 spiro atoms. The van der Waals surface area contributed by atoms with Crippen LogP contribution in [0.4, 0.5) is 0 Å². The lowest BCUT2D eigenvalue weighted by Gasteiger charge is -2.35. The van der Waals surface area contributed by atoms with Crippen LogP contribution in [0.15, 0.2) is 89.7 Å². The third-order valence-electron chi connectivity index (χ3n) is 7.73. The molecule has 3 aliphatic carbocycles. The largest absolute Gasteiger partial charge is 0.347 e. The predicted octanol–water partition coefficient (Wildman–Crippen LogP) is 7.08. The fraction of sp³-hybridized carbons (Fsp3) is 0.310. The van der Waals surface area contributed by atoms with Crippen molar-refractivity contribution in [1.82, 2.24) is 9.80 Å². The van der Waals surface area contributed by atoms with Gasteiger partial charge in [0.2, 0.25) is 0 Å². The third-order valence-corrected chi connectivity index (χ3v) is 8.90. The number of aryl methyl sites for hydroxylation is 1. The van der Waals surface area contributed by atoms with E-state index >= 15 is 0 Å². The number of nitrogens with zero attached hydrogens (tertiary/aromatic N) is 2. The van der Waals surface area contributed by atoms with Crippen LogP contribution in [0.5, 0.6) is 0 Å². The highest BCUT2D eigenvalue weighted by Gasteiger charge is 2.51. The van der Waals surface area contributed by atoms with E-state index in [0.717, 1.165) is 19.4 Å². The van der Waals surface area contributed by atoms with Gasteiger partial charge in [-0.25, -0.2) is 0 Å². The quantitative estimate of drug-likeness (QED) is 0.496. The molecule has 1 aromatic carbocycles. The first-order chi connectivity index (χ1) is 15.8. The van der Waals surface area contributed by atoms with E-state index in [2.05, 4.69) is 89.6 Å². The third kappa shape index (κ3) is 2.74. The molecule has 2 aliphatic heterocycles. The van der Waals surface area contributed by atoms with Crippen molar-refractivity contribution in [3.05, 3.63) is 106 Å². The summed E-state index contributed by atoms with van der Waals surface area (Å²) in [5.41, 5.74) is 7.36. The van der Waals surface area contributed by atoms with Crippen LogP contribution in [0.2, 0.25) is 0 Å². The molecule has 1 fully saturated rings. The van der Waals surface area contributed by atoms with Gasteiger partial charge in [-0.05, 0) is 61.3 Å². The Morgan fingerprint density at radius 2 is 1.91 bits per heavy atom. The topological polar surface area (TPSA) is 6.48 Å². The highest BCUT2D eigenvalue weighted by atomic mass is 32.1.